The quantitative estimate of drug-likeness (QED) is 0.895. The highest BCUT2D eigenvalue weighted by atomic mass is 32.2. The Morgan fingerprint density at radius 3 is 2.95 bits per heavy atom. The van der Waals surface area contributed by atoms with Crippen molar-refractivity contribution < 1.29 is 8.42 Å². The van der Waals surface area contributed by atoms with Crippen LogP contribution in [0.25, 0.3) is 0 Å². The van der Waals surface area contributed by atoms with Gasteiger partial charge in [0.1, 0.15) is 4.90 Å². The molecule has 102 valence electrons. The number of aromatic amines is 2. The van der Waals surface area contributed by atoms with Crippen molar-refractivity contribution in [1.82, 2.24) is 19.5 Å². The normalized spacial score (nSPS) is 21.0. The topological polar surface area (TPSA) is 81.8 Å². The molecular weight excluding hydrogens is 264 g/mol. The average Bonchev–Trinajstić information content (AvgIpc) is 3.09. The van der Waals surface area contributed by atoms with E-state index in [0.717, 1.165) is 18.5 Å². The maximum absolute atomic E-state index is 12.7. The van der Waals surface area contributed by atoms with Crippen LogP contribution in [0.15, 0.2) is 29.4 Å². The summed E-state index contributed by atoms with van der Waals surface area (Å²) in [5.41, 5.74) is 1.53. The summed E-state index contributed by atoms with van der Waals surface area (Å²) in [5.74, 6) is 0. The van der Waals surface area contributed by atoms with Crippen LogP contribution in [0.1, 0.15) is 30.3 Å². The SMILES string of the molecule is Cc1[nH]ncc1S(=O)(=O)N1CCCC1c1ccc[nH]1. The Labute approximate surface area is 111 Å². The Morgan fingerprint density at radius 2 is 2.32 bits per heavy atom. The summed E-state index contributed by atoms with van der Waals surface area (Å²) in [7, 11) is -3.48. The molecule has 3 rings (SSSR count). The molecule has 1 aliphatic rings. The lowest BCUT2D eigenvalue weighted by molar-refractivity contribution is 0.391. The van der Waals surface area contributed by atoms with Gasteiger partial charge < -0.3 is 4.98 Å². The first kappa shape index (κ1) is 12.4. The van der Waals surface area contributed by atoms with E-state index >= 15 is 0 Å². The monoisotopic (exact) mass is 280 g/mol. The van der Waals surface area contributed by atoms with Crippen LogP contribution in [0.5, 0.6) is 0 Å². The van der Waals surface area contributed by atoms with Gasteiger partial charge in [-0.1, -0.05) is 0 Å². The molecule has 0 spiro atoms. The molecule has 1 saturated heterocycles. The van der Waals surface area contributed by atoms with Crippen molar-refractivity contribution in [2.75, 3.05) is 6.54 Å². The van der Waals surface area contributed by atoms with Crippen molar-refractivity contribution >= 4 is 10.0 Å². The van der Waals surface area contributed by atoms with Gasteiger partial charge in [-0.15, -0.1) is 0 Å². The Hall–Kier alpha value is -1.60. The Morgan fingerprint density at radius 1 is 1.47 bits per heavy atom. The summed E-state index contributed by atoms with van der Waals surface area (Å²) in [5, 5.41) is 6.49. The summed E-state index contributed by atoms with van der Waals surface area (Å²) in [6.45, 7) is 2.27. The Bertz CT molecular complexity index is 660. The molecule has 0 aromatic carbocycles. The molecule has 0 amide bonds. The minimum absolute atomic E-state index is 0.103. The van der Waals surface area contributed by atoms with E-state index in [-0.39, 0.29) is 10.9 Å². The van der Waals surface area contributed by atoms with Crippen molar-refractivity contribution in [1.29, 1.82) is 0 Å². The van der Waals surface area contributed by atoms with E-state index in [1.54, 1.807) is 11.2 Å². The molecule has 0 radical (unpaired) electrons. The van der Waals surface area contributed by atoms with Crippen molar-refractivity contribution in [3.63, 3.8) is 0 Å². The summed E-state index contributed by atoms with van der Waals surface area (Å²) in [6.07, 6.45) is 4.92. The Balaban J connectivity index is 1.99. The van der Waals surface area contributed by atoms with Gasteiger partial charge in [-0.3, -0.25) is 5.10 Å². The summed E-state index contributed by atoms with van der Waals surface area (Å²) < 4.78 is 26.9. The number of nitrogens with one attached hydrogen (secondary N) is 2. The standard InChI is InChI=1S/C12H16N4O2S/c1-9-12(8-14-15-9)19(17,18)16-7-3-5-11(16)10-4-2-6-13-10/h2,4,6,8,11,13H,3,5,7H2,1H3,(H,14,15). The van der Waals surface area contributed by atoms with Crippen LogP contribution >= 0.6 is 0 Å². The van der Waals surface area contributed by atoms with Crippen LogP contribution in [0.3, 0.4) is 0 Å². The lowest BCUT2D eigenvalue weighted by Crippen LogP contribution is -2.31. The lowest BCUT2D eigenvalue weighted by atomic mass is 10.2. The number of hydrogen-bond donors (Lipinski definition) is 2. The number of nitrogens with zero attached hydrogens (tertiary/aromatic N) is 2. The first-order valence-corrected chi connectivity index (χ1v) is 7.70. The van der Waals surface area contributed by atoms with Gasteiger partial charge in [-0.25, -0.2) is 8.42 Å². The third-order valence-corrected chi connectivity index (χ3v) is 5.58. The first-order valence-electron chi connectivity index (χ1n) is 6.26. The zero-order chi connectivity index (χ0) is 13.5. The molecule has 0 saturated carbocycles. The van der Waals surface area contributed by atoms with Crippen LogP contribution in [-0.2, 0) is 10.0 Å². The fourth-order valence-corrected chi connectivity index (χ4v) is 4.41. The minimum Gasteiger partial charge on any atom is -0.364 e. The Kier molecular flexibility index (Phi) is 2.94. The molecule has 2 N–H and O–H groups in total. The number of aryl methyl sites for hydroxylation is 1. The van der Waals surface area contributed by atoms with E-state index in [0.29, 0.717) is 12.2 Å². The minimum atomic E-state index is -3.48. The average molecular weight is 280 g/mol. The van der Waals surface area contributed by atoms with Gasteiger partial charge in [0.15, 0.2) is 0 Å². The molecule has 19 heavy (non-hydrogen) atoms. The van der Waals surface area contributed by atoms with Gasteiger partial charge in [0.2, 0.25) is 10.0 Å². The van der Waals surface area contributed by atoms with E-state index in [4.69, 9.17) is 0 Å². The zero-order valence-corrected chi connectivity index (χ0v) is 11.4. The van der Waals surface area contributed by atoms with Crippen molar-refractivity contribution in [3.8, 4) is 0 Å². The van der Waals surface area contributed by atoms with Gasteiger partial charge in [-0.05, 0) is 31.9 Å². The highest BCUT2D eigenvalue weighted by Crippen LogP contribution is 2.36. The largest absolute Gasteiger partial charge is 0.364 e. The molecule has 0 bridgehead atoms. The smallest absolute Gasteiger partial charge is 0.247 e. The number of sulfonamides is 1. The second-order valence-corrected chi connectivity index (χ2v) is 6.62. The van der Waals surface area contributed by atoms with Crippen LogP contribution in [0, 0.1) is 6.92 Å². The summed E-state index contributed by atoms with van der Waals surface area (Å²) >= 11 is 0. The zero-order valence-electron chi connectivity index (χ0n) is 10.6. The highest BCUT2D eigenvalue weighted by molar-refractivity contribution is 7.89. The van der Waals surface area contributed by atoms with Crippen molar-refractivity contribution in [2.45, 2.75) is 30.7 Å². The van der Waals surface area contributed by atoms with Crippen molar-refractivity contribution in [2.24, 2.45) is 0 Å². The molecule has 1 unspecified atom stereocenters. The lowest BCUT2D eigenvalue weighted by Gasteiger charge is -2.23. The molecule has 1 atom stereocenters. The van der Waals surface area contributed by atoms with E-state index in [9.17, 15) is 8.42 Å². The van der Waals surface area contributed by atoms with Crippen LogP contribution in [-0.4, -0.2) is 34.4 Å². The molecular formula is C12H16N4O2S. The number of rotatable bonds is 3. The van der Waals surface area contributed by atoms with E-state index in [2.05, 4.69) is 15.2 Å². The second kappa shape index (κ2) is 4.50. The van der Waals surface area contributed by atoms with Crippen molar-refractivity contribution in [3.05, 3.63) is 35.9 Å². The fraction of sp³-hybridized carbons (Fsp3) is 0.417. The molecule has 1 aliphatic heterocycles. The summed E-state index contributed by atoms with van der Waals surface area (Å²) in [6, 6.07) is 3.72. The third kappa shape index (κ3) is 1.98. The van der Waals surface area contributed by atoms with Gasteiger partial charge >= 0.3 is 0 Å². The van der Waals surface area contributed by atoms with Gasteiger partial charge in [0.05, 0.1) is 17.9 Å². The van der Waals surface area contributed by atoms with Crippen LogP contribution in [0.4, 0.5) is 0 Å². The molecule has 0 aliphatic carbocycles. The molecule has 6 nitrogen and oxygen atoms in total. The van der Waals surface area contributed by atoms with Gasteiger partial charge in [0.25, 0.3) is 0 Å². The maximum Gasteiger partial charge on any atom is 0.247 e. The number of H-pyrrole nitrogens is 2. The molecule has 2 aromatic heterocycles. The van der Waals surface area contributed by atoms with E-state index in [1.807, 2.05) is 18.3 Å². The van der Waals surface area contributed by atoms with Gasteiger partial charge in [0, 0.05) is 18.4 Å². The number of hydrogen-bond acceptors (Lipinski definition) is 3. The fourth-order valence-electron chi connectivity index (χ4n) is 2.62. The molecule has 3 heterocycles. The third-order valence-electron chi connectivity index (χ3n) is 3.55. The highest BCUT2D eigenvalue weighted by Gasteiger charge is 2.37. The number of aromatic nitrogens is 3. The first-order chi connectivity index (χ1) is 9.10. The predicted octanol–water partition coefficient (Wildman–Crippen LogP) is 1.57. The maximum atomic E-state index is 12.7. The molecule has 7 heteroatoms. The van der Waals surface area contributed by atoms with E-state index < -0.39 is 10.0 Å². The van der Waals surface area contributed by atoms with E-state index in [1.165, 1.54) is 6.20 Å². The summed E-state index contributed by atoms with van der Waals surface area (Å²) in [4.78, 5) is 3.38. The second-order valence-electron chi connectivity index (χ2n) is 4.76. The predicted molar refractivity (Wildman–Crippen MR) is 70.0 cm³/mol. The molecule has 2 aromatic rings. The van der Waals surface area contributed by atoms with Gasteiger partial charge in [-0.2, -0.15) is 9.40 Å². The van der Waals surface area contributed by atoms with Crippen LogP contribution in [0.2, 0.25) is 0 Å². The molecule has 1 fully saturated rings. The van der Waals surface area contributed by atoms with Crippen LogP contribution < -0.4 is 0 Å².